The molecular weight excluding hydrogens is 270 g/mol. The molecule has 0 fully saturated rings. The van der Waals surface area contributed by atoms with E-state index < -0.39 is 14.8 Å². The van der Waals surface area contributed by atoms with E-state index in [9.17, 15) is 18.5 Å². The molecule has 19 heavy (non-hydrogen) atoms. The van der Waals surface area contributed by atoms with Crippen LogP contribution in [0, 0.1) is 10.1 Å². The second-order valence-electron chi connectivity index (χ2n) is 4.05. The van der Waals surface area contributed by atoms with Crippen LogP contribution in [-0.4, -0.2) is 39.2 Å². The Morgan fingerprint density at radius 1 is 1.42 bits per heavy atom. The van der Waals surface area contributed by atoms with Gasteiger partial charge in [-0.3, -0.25) is 10.1 Å². The van der Waals surface area contributed by atoms with Crippen LogP contribution in [0.5, 0.6) is 0 Å². The number of sulfone groups is 1. The van der Waals surface area contributed by atoms with Gasteiger partial charge in [0.05, 0.1) is 9.82 Å². The smallest absolute Gasteiger partial charge is 0.293 e. The van der Waals surface area contributed by atoms with Crippen molar-refractivity contribution in [2.45, 2.75) is 11.8 Å². The topological polar surface area (TPSA) is 107 Å². The highest BCUT2D eigenvalue weighted by molar-refractivity contribution is 7.90. The van der Waals surface area contributed by atoms with Gasteiger partial charge in [-0.1, -0.05) is 0 Å². The predicted molar refractivity (Wildman–Crippen MR) is 73.1 cm³/mol. The molecular formula is C11H17N3O4S. The molecule has 0 bridgehead atoms. The molecule has 7 nitrogen and oxygen atoms in total. The normalized spacial score (nSPS) is 11.3. The highest BCUT2D eigenvalue weighted by Gasteiger charge is 2.21. The molecule has 0 aliphatic carbocycles. The van der Waals surface area contributed by atoms with Crippen LogP contribution in [0.15, 0.2) is 23.1 Å². The van der Waals surface area contributed by atoms with Crippen molar-refractivity contribution in [1.82, 2.24) is 0 Å². The van der Waals surface area contributed by atoms with Crippen molar-refractivity contribution < 1.29 is 13.3 Å². The van der Waals surface area contributed by atoms with Crippen molar-refractivity contribution in [2.75, 3.05) is 30.8 Å². The second kappa shape index (κ2) is 5.98. The van der Waals surface area contributed by atoms with Gasteiger partial charge in [-0.25, -0.2) is 8.42 Å². The molecule has 1 aromatic carbocycles. The monoisotopic (exact) mass is 287 g/mol. The Labute approximate surface area is 112 Å². The Hall–Kier alpha value is -1.67. The molecule has 106 valence electrons. The van der Waals surface area contributed by atoms with E-state index in [0.29, 0.717) is 25.3 Å². The van der Waals surface area contributed by atoms with Crippen LogP contribution >= 0.6 is 0 Å². The minimum absolute atomic E-state index is 0.0632. The van der Waals surface area contributed by atoms with Gasteiger partial charge >= 0.3 is 0 Å². The number of nitrogens with two attached hydrogens (primary N) is 1. The summed E-state index contributed by atoms with van der Waals surface area (Å²) in [7, 11) is -3.47. The molecule has 0 saturated carbocycles. The number of hydrogen-bond acceptors (Lipinski definition) is 6. The van der Waals surface area contributed by atoms with Gasteiger partial charge in [0.25, 0.3) is 5.69 Å². The first-order valence-corrected chi connectivity index (χ1v) is 7.64. The fourth-order valence-corrected chi connectivity index (χ4v) is 2.39. The quantitative estimate of drug-likeness (QED) is 0.612. The standard InChI is InChI=1S/C11H17N3O4S/c1-3-13(7-6-12)10-5-4-9(19(2,17)18)8-11(10)14(15)16/h4-5,8H,3,6-7,12H2,1-2H3. The highest BCUT2D eigenvalue weighted by Crippen LogP contribution is 2.30. The number of nitrogens with zero attached hydrogens (tertiary/aromatic N) is 2. The number of rotatable bonds is 6. The molecule has 1 rings (SSSR count). The van der Waals surface area contributed by atoms with Gasteiger partial charge in [0.2, 0.25) is 0 Å². The third-order valence-electron chi connectivity index (χ3n) is 2.69. The summed E-state index contributed by atoms with van der Waals surface area (Å²) in [5, 5.41) is 11.1. The van der Waals surface area contributed by atoms with Crippen LogP contribution in [-0.2, 0) is 9.84 Å². The molecule has 0 saturated heterocycles. The third-order valence-corrected chi connectivity index (χ3v) is 3.80. The van der Waals surface area contributed by atoms with Gasteiger partial charge in [-0.05, 0) is 19.1 Å². The summed E-state index contributed by atoms with van der Waals surface area (Å²) in [5.41, 5.74) is 5.62. The lowest BCUT2D eigenvalue weighted by Crippen LogP contribution is -2.29. The van der Waals surface area contributed by atoms with E-state index in [1.165, 1.54) is 12.1 Å². The minimum atomic E-state index is -3.47. The van der Waals surface area contributed by atoms with Gasteiger partial charge in [0, 0.05) is 32.0 Å². The predicted octanol–water partition coefficient (Wildman–Crippen LogP) is 0.783. The van der Waals surface area contributed by atoms with Gasteiger partial charge in [-0.2, -0.15) is 0 Å². The molecule has 0 unspecified atom stereocenters. The van der Waals surface area contributed by atoms with E-state index in [1.807, 2.05) is 6.92 Å². The number of hydrogen-bond donors (Lipinski definition) is 1. The molecule has 0 radical (unpaired) electrons. The van der Waals surface area contributed by atoms with E-state index in [-0.39, 0.29) is 10.6 Å². The maximum absolute atomic E-state index is 11.4. The number of nitro groups is 1. The number of anilines is 1. The average molecular weight is 287 g/mol. The molecule has 0 aliphatic rings. The maximum Gasteiger partial charge on any atom is 0.293 e. The Morgan fingerprint density at radius 3 is 2.47 bits per heavy atom. The Balaban J connectivity index is 3.37. The van der Waals surface area contributed by atoms with Crippen LogP contribution in [0.2, 0.25) is 0 Å². The average Bonchev–Trinajstić information content (AvgIpc) is 2.34. The number of likely N-dealkylation sites (N-methyl/N-ethyl adjacent to an activating group) is 1. The molecule has 1 aromatic rings. The summed E-state index contributed by atoms with van der Waals surface area (Å²) in [6, 6.07) is 3.91. The van der Waals surface area contributed by atoms with Crippen LogP contribution in [0.1, 0.15) is 6.92 Å². The van der Waals surface area contributed by atoms with Crippen LogP contribution in [0.3, 0.4) is 0 Å². The van der Waals surface area contributed by atoms with E-state index in [2.05, 4.69) is 0 Å². The molecule has 0 spiro atoms. The molecule has 0 amide bonds. The van der Waals surface area contributed by atoms with Gasteiger partial charge in [0.15, 0.2) is 9.84 Å². The number of nitro benzene ring substituents is 1. The highest BCUT2D eigenvalue weighted by atomic mass is 32.2. The zero-order valence-corrected chi connectivity index (χ0v) is 11.7. The summed E-state index contributed by atoms with van der Waals surface area (Å²) in [6.45, 7) is 3.23. The SMILES string of the molecule is CCN(CCN)c1ccc(S(C)(=O)=O)cc1[N+](=O)[O-]. The van der Waals surface area contributed by atoms with Crippen molar-refractivity contribution in [2.24, 2.45) is 5.73 Å². The van der Waals surface area contributed by atoms with Crippen molar-refractivity contribution >= 4 is 21.2 Å². The van der Waals surface area contributed by atoms with Crippen molar-refractivity contribution in [3.8, 4) is 0 Å². The lowest BCUT2D eigenvalue weighted by atomic mass is 10.2. The van der Waals surface area contributed by atoms with Gasteiger partial charge < -0.3 is 10.6 Å². The summed E-state index contributed by atoms with van der Waals surface area (Å²) < 4.78 is 22.9. The zero-order chi connectivity index (χ0) is 14.6. The third kappa shape index (κ3) is 3.65. The van der Waals surface area contributed by atoms with Crippen LogP contribution in [0.4, 0.5) is 11.4 Å². The summed E-state index contributed by atoms with van der Waals surface area (Å²) in [6.07, 6.45) is 1.02. The second-order valence-corrected chi connectivity index (χ2v) is 6.06. The van der Waals surface area contributed by atoms with E-state index >= 15 is 0 Å². The molecule has 8 heteroatoms. The summed E-state index contributed by atoms with van der Waals surface area (Å²) in [5.74, 6) is 0. The zero-order valence-electron chi connectivity index (χ0n) is 10.9. The van der Waals surface area contributed by atoms with Crippen molar-refractivity contribution in [3.63, 3.8) is 0 Å². The van der Waals surface area contributed by atoms with Crippen molar-refractivity contribution in [1.29, 1.82) is 0 Å². The van der Waals surface area contributed by atoms with Gasteiger partial charge in [-0.15, -0.1) is 0 Å². The summed E-state index contributed by atoms with van der Waals surface area (Å²) in [4.78, 5) is 12.2. The molecule has 0 heterocycles. The van der Waals surface area contributed by atoms with E-state index in [0.717, 1.165) is 12.3 Å². The van der Waals surface area contributed by atoms with Gasteiger partial charge in [0.1, 0.15) is 5.69 Å². The maximum atomic E-state index is 11.4. The van der Waals surface area contributed by atoms with E-state index in [4.69, 9.17) is 5.73 Å². The lowest BCUT2D eigenvalue weighted by Gasteiger charge is -2.22. The first-order chi connectivity index (χ1) is 8.81. The fraction of sp³-hybridized carbons (Fsp3) is 0.455. The van der Waals surface area contributed by atoms with Crippen molar-refractivity contribution in [3.05, 3.63) is 28.3 Å². The first-order valence-electron chi connectivity index (χ1n) is 5.74. The summed E-state index contributed by atoms with van der Waals surface area (Å²) >= 11 is 0. The Morgan fingerprint density at radius 2 is 2.05 bits per heavy atom. The fourth-order valence-electron chi connectivity index (χ4n) is 1.75. The molecule has 0 atom stereocenters. The van der Waals surface area contributed by atoms with Crippen LogP contribution < -0.4 is 10.6 Å². The number of benzene rings is 1. The first kappa shape index (κ1) is 15.4. The van der Waals surface area contributed by atoms with E-state index in [1.54, 1.807) is 4.90 Å². The molecule has 0 aromatic heterocycles. The molecule has 0 aliphatic heterocycles. The molecule has 2 N–H and O–H groups in total. The minimum Gasteiger partial charge on any atom is -0.365 e. The lowest BCUT2D eigenvalue weighted by molar-refractivity contribution is -0.384. The Kier molecular flexibility index (Phi) is 4.84. The Bertz CT molecular complexity index is 571. The largest absolute Gasteiger partial charge is 0.365 e. The van der Waals surface area contributed by atoms with Crippen LogP contribution in [0.25, 0.3) is 0 Å².